The molecule has 11 nitrogen and oxygen atoms in total. The number of rotatable bonds is 10. The Morgan fingerprint density at radius 1 is 1.00 bits per heavy atom. The van der Waals surface area contributed by atoms with Crippen LogP contribution in [0, 0.1) is 5.41 Å². The van der Waals surface area contributed by atoms with Crippen molar-refractivity contribution in [2.75, 3.05) is 18.4 Å². The van der Waals surface area contributed by atoms with Gasteiger partial charge in [0, 0.05) is 35.1 Å². The Morgan fingerprint density at radius 2 is 1.57 bits per heavy atom. The summed E-state index contributed by atoms with van der Waals surface area (Å²) in [6.07, 6.45) is 2.10. The number of carbonyl (C=O) groups excluding carboxylic acids is 6. The van der Waals surface area contributed by atoms with E-state index in [1.54, 1.807) is 45.0 Å². The lowest BCUT2D eigenvalue weighted by Gasteiger charge is -2.17. The largest absolute Gasteiger partial charge is 0.460 e. The number of hydrogen-bond acceptors (Lipinski definition) is 7. The zero-order valence-corrected chi connectivity index (χ0v) is 21.6. The van der Waals surface area contributed by atoms with Crippen molar-refractivity contribution >= 4 is 41.2 Å². The molecular formula is C26H40N4O7. The molecule has 11 heteroatoms. The summed E-state index contributed by atoms with van der Waals surface area (Å²) in [5.41, 5.74) is 0.662. The summed E-state index contributed by atoms with van der Waals surface area (Å²) in [5, 5.41) is 7.51. The lowest BCUT2D eigenvalue weighted by molar-refractivity contribution is -0.154. The molecule has 1 aliphatic heterocycles. The number of imide groups is 1. The van der Waals surface area contributed by atoms with Crippen LogP contribution in [-0.2, 0) is 40.1 Å². The van der Waals surface area contributed by atoms with Crippen LogP contribution in [0.1, 0.15) is 44.0 Å². The average molecular weight is 521 g/mol. The van der Waals surface area contributed by atoms with Gasteiger partial charge in [-0.25, -0.2) is 0 Å². The highest BCUT2D eigenvalue weighted by atomic mass is 16.5. The van der Waals surface area contributed by atoms with Gasteiger partial charge in [-0.2, -0.15) is 0 Å². The third-order valence-electron chi connectivity index (χ3n) is 4.88. The number of hydrogen-bond donors (Lipinski definition) is 3. The SMILES string of the molecule is C=C.C[C@H](NC(=O)CCN1C(=O)C=CC1=O)C(=O)NCC(=O)Nc1ccc(COC(=O)C(C)(C)C)cc1.[HH].[HH].[HH]. The Balaban J connectivity index is -0.00000267. The van der Waals surface area contributed by atoms with Crippen molar-refractivity contribution < 1.29 is 37.8 Å². The van der Waals surface area contributed by atoms with E-state index in [0.717, 1.165) is 22.6 Å². The van der Waals surface area contributed by atoms with Crippen molar-refractivity contribution in [1.82, 2.24) is 15.5 Å². The molecule has 1 aromatic carbocycles. The Morgan fingerprint density at radius 3 is 2.11 bits per heavy atom. The van der Waals surface area contributed by atoms with Gasteiger partial charge < -0.3 is 20.7 Å². The van der Waals surface area contributed by atoms with E-state index in [0.29, 0.717) is 5.69 Å². The second-order valence-corrected chi connectivity index (χ2v) is 8.99. The first-order chi connectivity index (χ1) is 17.4. The summed E-state index contributed by atoms with van der Waals surface area (Å²) in [5.74, 6) is -2.85. The fourth-order valence-electron chi connectivity index (χ4n) is 2.82. The summed E-state index contributed by atoms with van der Waals surface area (Å²) >= 11 is 0. The van der Waals surface area contributed by atoms with E-state index in [1.165, 1.54) is 6.92 Å². The molecule has 1 aromatic rings. The Hall–Kier alpha value is -4.28. The minimum absolute atomic E-state index is 0. The second kappa shape index (κ2) is 14.3. The van der Waals surface area contributed by atoms with Gasteiger partial charge in [0.05, 0.1) is 12.0 Å². The lowest BCUT2D eigenvalue weighted by atomic mass is 9.97. The molecule has 0 aromatic heterocycles. The smallest absolute Gasteiger partial charge is 0.311 e. The first-order valence-corrected chi connectivity index (χ1v) is 11.5. The minimum atomic E-state index is -0.923. The number of nitrogens with zero attached hydrogens (tertiary/aromatic N) is 1. The van der Waals surface area contributed by atoms with Crippen LogP contribution in [0.2, 0.25) is 0 Å². The number of carbonyl (C=O) groups is 6. The van der Waals surface area contributed by atoms with Gasteiger partial charge in [-0.05, 0) is 45.4 Å². The second-order valence-electron chi connectivity index (χ2n) is 8.99. The number of esters is 1. The summed E-state index contributed by atoms with van der Waals surface area (Å²) < 4.78 is 5.24. The van der Waals surface area contributed by atoms with E-state index < -0.39 is 41.0 Å². The molecule has 5 amide bonds. The van der Waals surface area contributed by atoms with E-state index in [4.69, 9.17) is 4.74 Å². The number of nitrogens with one attached hydrogen (secondary N) is 3. The van der Waals surface area contributed by atoms with Gasteiger partial charge in [0.1, 0.15) is 12.6 Å². The lowest BCUT2D eigenvalue weighted by Crippen LogP contribution is -2.47. The summed E-state index contributed by atoms with van der Waals surface area (Å²) in [7, 11) is 0. The van der Waals surface area contributed by atoms with E-state index in [-0.39, 0.29) is 36.4 Å². The van der Waals surface area contributed by atoms with Gasteiger partial charge in [-0.3, -0.25) is 33.7 Å². The number of anilines is 1. The predicted molar refractivity (Wildman–Crippen MR) is 143 cm³/mol. The van der Waals surface area contributed by atoms with Gasteiger partial charge in [-0.15, -0.1) is 13.2 Å². The Bertz CT molecular complexity index is 1040. The average Bonchev–Trinajstić information content (AvgIpc) is 3.17. The molecule has 3 N–H and O–H groups in total. The van der Waals surface area contributed by atoms with Crippen molar-refractivity contribution in [2.45, 2.75) is 46.8 Å². The van der Waals surface area contributed by atoms with Gasteiger partial charge in [0.2, 0.25) is 17.7 Å². The molecule has 1 aliphatic rings. The molecule has 0 radical (unpaired) electrons. The number of amides is 5. The van der Waals surface area contributed by atoms with E-state index in [1.807, 2.05) is 0 Å². The van der Waals surface area contributed by atoms with Crippen molar-refractivity contribution in [3.05, 3.63) is 55.1 Å². The van der Waals surface area contributed by atoms with Crippen LogP contribution in [0.4, 0.5) is 5.69 Å². The predicted octanol–water partition coefficient (Wildman–Crippen LogP) is 2.19. The van der Waals surface area contributed by atoms with Gasteiger partial charge in [-0.1, -0.05) is 12.1 Å². The molecule has 0 aliphatic carbocycles. The maximum atomic E-state index is 12.2. The maximum Gasteiger partial charge on any atom is 0.311 e. The molecule has 37 heavy (non-hydrogen) atoms. The fraction of sp³-hybridized carbons (Fsp3) is 0.385. The third kappa shape index (κ3) is 10.5. The molecule has 0 unspecified atom stereocenters. The topological polar surface area (TPSA) is 151 Å². The van der Waals surface area contributed by atoms with E-state index in [9.17, 15) is 28.8 Å². The first-order valence-electron chi connectivity index (χ1n) is 11.5. The standard InChI is InChI=1S/C24H30N4O7.C2H4.3H2/c1-15(26-18(29)11-12-28-20(31)9-10-21(28)32)22(33)25-13-19(30)27-17-7-5-16(6-8-17)14-35-23(34)24(2,3)4;1-2;;;/h5-10,15H,11-14H2,1-4H3,(H,25,33)(H,26,29)(H,27,30);1-2H2;3*1H/t15-;;;;/m0..../s1. The Kier molecular flexibility index (Phi) is 11.9. The summed E-state index contributed by atoms with van der Waals surface area (Å²) in [6, 6.07) is 5.79. The first kappa shape index (κ1) is 30.8. The monoisotopic (exact) mass is 520 g/mol. The van der Waals surface area contributed by atoms with Gasteiger partial charge in [0.25, 0.3) is 11.8 Å². The molecule has 206 valence electrons. The minimum Gasteiger partial charge on any atom is -0.460 e. The molecule has 0 saturated carbocycles. The molecule has 0 spiro atoms. The van der Waals surface area contributed by atoms with Crippen molar-refractivity contribution in [3.63, 3.8) is 0 Å². The van der Waals surface area contributed by atoms with E-state index >= 15 is 0 Å². The highest BCUT2D eigenvalue weighted by molar-refractivity contribution is 6.13. The van der Waals surface area contributed by atoms with Gasteiger partial charge in [0.15, 0.2) is 0 Å². The molecule has 0 fully saturated rings. The molecule has 2 rings (SSSR count). The summed E-state index contributed by atoms with van der Waals surface area (Å²) in [4.78, 5) is 72.0. The zero-order chi connectivity index (χ0) is 28.2. The highest BCUT2D eigenvalue weighted by Crippen LogP contribution is 2.17. The van der Waals surface area contributed by atoms with E-state index in [2.05, 4.69) is 29.1 Å². The van der Waals surface area contributed by atoms with Crippen LogP contribution >= 0.6 is 0 Å². The van der Waals surface area contributed by atoms with Gasteiger partial charge >= 0.3 is 5.97 Å². The summed E-state index contributed by atoms with van der Waals surface area (Å²) in [6.45, 7) is 12.5. The van der Waals surface area contributed by atoms with Crippen LogP contribution in [-0.4, -0.2) is 59.5 Å². The normalized spacial score (nSPS) is 13.2. The maximum absolute atomic E-state index is 12.2. The third-order valence-corrected chi connectivity index (χ3v) is 4.88. The van der Waals surface area contributed by atoms with Crippen LogP contribution in [0.3, 0.4) is 0 Å². The molecule has 1 heterocycles. The molecule has 0 bridgehead atoms. The zero-order valence-electron chi connectivity index (χ0n) is 21.6. The number of benzene rings is 1. The van der Waals surface area contributed by atoms with Crippen LogP contribution < -0.4 is 16.0 Å². The number of ether oxygens (including phenoxy) is 1. The fourth-order valence-corrected chi connectivity index (χ4v) is 2.82. The molecule has 0 saturated heterocycles. The van der Waals surface area contributed by atoms with Crippen LogP contribution in [0.5, 0.6) is 0 Å². The van der Waals surface area contributed by atoms with Crippen LogP contribution in [0.25, 0.3) is 0 Å². The van der Waals surface area contributed by atoms with Crippen molar-refractivity contribution in [3.8, 4) is 0 Å². The molecule has 1 atom stereocenters. The van der Waals surface area contributed by atoms with Crippen molar-refractivity contribution in [2.24, 2.45) is 5.41 Å². The Labute approximate surface area is 220 Å². The molecular weight excluding hydrogens is 480 g/mol. The highest BCUT2D eigenvalue weighted by Gasteiger charge is 2.25. The van der Waals surface area contributed by atoms with Crippen molar-refractivity contribution in [1.29, 1.82) is 0 Å². The quantitative estimate of drug-likeness (QED) is 0.243. The van der Waals surface area contributed by atoms with Crippen LogP contribution in [0.15, 0.2) is 49.6 Å².